The lowest BCUT2D eigenvalue weighted by Crippen LogP contribution is -2.01. The molecular weight excluding hydrogens is 265 g/mol. The van der Waals surface area contributed by atoms with Crippen LogP contribution in [0, 0.1) is 15.2 Å². The van der Waals surface area contributed by atoms with E-state index in [0.717, 1.165) is 0 Å². The first-order valence-electron chi connectivity index (χ1n) is 2.72. The second kappa shape index (κ2) is 2.80. The highest BCUT2D eigenvalue weighted by molar-refractivity contribution is 14.1. The molecule has 4 N–H and O–H groups in total. The Morgan fingerprint density at radius 2 is 1.64 bits per heavy atom. The van der Waals surface area contributed by atoms with Gasteiger partial charge in [-0.3, -0.25) is 0 Å². The van der Waals surface area contributed by atoms with Gasteiger partial charge in [0.25, 0.3) is 0 Å². The van der Waals surface area contributed by atoms with Crippen molar-refractivity contribution in [3.63, 3.8) is 0 Å². The number of benzene rings is 1. The SMILES string of the molecule is Nc1cc(N)c(I)c(F)c1F. The third kappa shape index (κ3) is 1.37. The summed E-state index contributed by atoms with van der Waals surface area (Å²) in [5.74, 6) is -2.02. The van der Waals surface area contributed by atoms with Crippen LogP contribution in [0.25, 0.3) is 0 Å². The smallest absolute Gasteiger partial charge is 0.182 e. The average Bonchev–Trinajstić information content (AvgIpc) is 1.97. The number of hydrogen-bond acceptors (Lipinski definition) is 2. The summed E-state index contributed by atoms with van der Waals surface area (Å²) >= 11 is 1.62. The Kier molecular flexibility index (Phi) is 2.17. The van der Waals surface area contributed by atoms with E-state index in [2.05, 4.69) is 0 Å². The van der Waals surface area contributed by atoms with Gasteiger partial charge in [-0.25, -0.2) is 8.78 Å². The standard InChI is InChI=1S/C6H5F2IN2/c7-4-2(10)1-3(11)6(9)5(4)8/h1H,10-11H2. The van der Waals surface area contributed by atoms with E-state index in [1.807, 2.05) is 0 Å². The molecule has 0 aliphatic carbocycles. The highest BCUT2D eigenvalue weighted by Crippen LogP contribution is 2.25. The van der Waals surface area contributed by atoms with Crippen molar-refractivity contribution in [1.29, 1.82) is 0 Å². The summed E-state index contributed by atoms with van der Waals surface area (Å²) in [6.45, 7) is 0. The van der Waals surface area contributed by atoms with E-state index in [4.69, 9.17) is 11.5 Å². The van der Waals surface area contributed by atoms with Crippen LogP contribution >= 0.6 is 22.6 Å². The maximum Gasteiger partial charge on any atom is 0.182 e. The number of hydrogen-bond donors (Lipinski definition) is 2. The molecule has 0 saturated carbocycles. The minimum atomic E-state index is -1.04. The first-order valence-corrected chi connectivity index (χ1v) is 3.80. The second-order valence-corrected chi connectivity index (χ2v) is 3.08. The lowest BCUT2D eigenvalue weighted by atomic mass is 10.2. The molecule has 0 bridgehead atoms. The maximum absolute atomic E-state index is 12.7. The quantitative estimate of drug-likeness (QED) is 0.428. The molecule has 11 heavy (non-hydrogen) atoms. The molecule has 0 aromatic heterocycles. The normalized spacial score (nSPS) is 10.1. The molecule has 0 amide bonds. The van der Waals surface area contributed by atoms with E-state index in [0.29, 0.717) is 0 Å². The lowest BCUT2D eigenvalue weighted by molar-refractivity contribution is 0.508. The molecule has 0 aliphatic heterocycles. The first kappa shape index (κ1) is 8.51. The van der Waals surface area contributed by atoms with Gasteiger partial charge in [0.1, 0.15) is 0 Å². The molecule has 1 aromatic carbocycles. The number of halogens is 3. The maximum atomic E-state index is 12.7. The Bertz CT molecular complexity index is 275. The monoisotopic (exact) mass is 270 g/mol. The molecular formula is C6H5F2IN2. The van der Waals surface area contributed by atoms with E-state index >= 15 is 0 Å². The summed E-state index contributed by atoms with van der Waals surface area (Å²) in [6, 6.07) is 1.19. The Balaban J connectivity index is 3.46. The second-order valence-electron chi connectivity index (χ2n) is 2.00. The third-order valence-electron chi connectivity index (χ3n) is 1.20. The summed E-state index contributed by atoms with van der Waals surface area (Å²) in [5, 5.41) is 0. The van der Waals surface area contributed by atoms with Crippen LogP contribution in [0.5, 0.6) is 0 Å². The van der Waals surface area contributed by atoms with Crippen LogP contribution in [0.4, 0.5) is 20.2 Å². The third-order valence-corrected chi connectivity index (χ3v) is 2.30. The van der Waals surface area contributed by atoms with Crippen molar-refractivity contribution in [2.45, 2.75) is 0 Å². The van der Waals surface area contributed by atoms with Crippen LogP contribution in [-0.2, 0) is 0 Å². The summed E-state index contributed by atoms with van der Waals surface area (Å²) in [6.07, 6.45) is 0. The van der Waals surface area contributed by atoms with Crippen molar-refractivity contribution in [2.24, 2.45) is 0 Å². The molecule has 0 radical (unpaired) electrons. The average molecular weight is 270 g/mol. The zero-order valence-electron chi connectivity index (χ0n) is 5.37. The van der Waals surface area contributed by atoms with Crippen molar-refractivity contribution in [2.75, 3.05) is 11.5 Å². The highest BCUT2D eigenvalue weighted by atomic mass is 127. The fourth-order valence-corrected chi connectivity index (χ4v) is 1.04. The van der Waals surface area contributed by atoms with Crippen LogP contribution in [0.1, 0.15) is 0 Å². The van der Waals surface area contributed by atoms with Gasteiger partial charge in [-0.05, 0) is 28.7 Å². The van der Waals surface area contributed by atoms with Crippen molar-refractivity contribution in [1.82, 2.24) is 0 Å². The molecule has 2 nitrogen and oxygen atoms in total. The first-order chi connectivity index (χ1) is 5.04. The number of nitrogens with two attached hydrogens (primary N) is 2. The number of nitrogen functional groups attached to an aromatic ring is 2. The minimum absolute atomic E-state index is 0.0642. The number of anilines is 2. The number of rotatable bonds is 0. The summed E-state index contributed by atoms with van der Waals surface area (Å²) in [7, 11) is 0. The summed E-state index contributed by atoms with van der Waals surface area (Å²) in [4.78, 5) is 0. The molecule has 0 saturated heterocycles. The van der Waals surface area contributed by atoms with Crippen molar-refractivity contribution >= 4 is 34.0 Å². The van der Waals surface area contributed by atoms with Gasteiger partial charge < -0.3 is 11.5 Å². The van der Waals surface area contributed by atoms with Crippen LogP contribution in [-0.4, -0.2) is 0 Å². The predicted octanol–water partition coefficient (Wildman–Crippen LogP) is 1.73. The molecule has 0 unspecified atom stereocenters. The molecule has 0 atom stereocenters. The Labute approximate surface area is 75.7 Å². The molecule has 60 valence electrons. The molecule has 5 heteroatoms. The van der Waals surface area contributed by atoms with E-state index < -0.39 is 11.6 Å². The van der Waals surface area contributed by atoms with Gasteiger partial charge in [-0.2, -0.15) is 0 Å². The molecule has 0 fully saturated rings. The van der Waals surface area contributed by atoms with Gasteiger partial charge in [0.05, 0.1) is 14.9 Å². The summed E-state index contributed by atoms with van der Waals surface area (Å²) < 4.78 is 25.4. The zero-order chi connectivity index (χ0) is 8.59. The fourth-order valence-electron chi connectivity index (χ4n) is 0.644. The topological polar surface area (TPSA) is 52.0 Å². The van der Waals surface area contributed by atoms with Crippen LogP contribution < -0.4 is 11.5 Å². The van der Waals surface area contributed by atoms with Gasteiger partial charge in [0.15, 0.2) is 11.6 Å². The van der Waals surface area contributed by atoms with Gasteiger partial charge in [-0.1, -0.05) is 0 Å². The van der Waals surface area contributed by atoms with Crippen molar-refractivity contribution in [3.05, 3.63) is 21.3 Å². The van der Waals surface area contributed by atoms with E-state index in [9.17, 15) is 8.78 Å². The van der Waals surface area contributed by atoms with E-state index in [-0.39, 0.29) is 14.9 Å². The van der Waals surface area contributed by atoms with Gasteiger partial charge in [0, 0.05) is 0 Å². The molecule has 0 heterocycles. The largest absolute Gasteiger partial charge is 0.398 e. The van der Waals surface area contributed by atoms with Gasteiger partial charge in [0.2, 0.25) is 0 Å². The van der Waals surface area contributed by atoms with Crippen LogP contribution in [0.3, 0.4) is 0 Å². The van der Waals surface area contributed by atoms with Crippen molar-refractivity contribution < 1.29 is 8.78 Å². The molecule has 1 aromatic rings. The van der Waals surface area contributed by atoms with E-state index in [1.54, 1.807) is 22.6 Å². The zero-order valence-corrected chi connectivity index (χ0v) is 7.52. The van der Waals surface area contributed by atoms with Crippen LogP contribution in [0.2, 0.25) is 0 Å². The fraction of sp³-hybridized carbons (Fsp3) is 0. The molecule has 0 aliphatic rings. The van der Waals surface area contributed by atoms with Crippen molar-refractivity contribution in [3.8, 4) is 0 Å². The Morgan fingerprint density at radius 3 is 2.18 bits per heavy atom. The Hall–Kier alpha value is -0.590. The predicted molar refractivity (Wildman–Crippen MR) is 47.9 cm³/mol. The van der Waals surface area contributed by atoms with Gasteiger partial charge >= 0.3 is 0 Å². The van der Waals surface area contributed by atoms with Crippen LogP contribution in [0.15, 0.2) is 6.07 Å². The van der Waals surface area contributed by atoms with Gasteiger partial charge in [-0.15, -0.1) is 0 Å². The lowest BCUT2D eigenvalue weighted by Gasteiger charge is -2.02. The molecule has 0 spiro atoms. The highest BCUT2D eigenvalue weighted by Gasteiger charge is 2.12. The van der Waals surface area contributed by atoms with E-state index in [1.165, 1.54) is 6.07 Å². The summed E-state index contributed by atoms with van der Waals surface area (Å²) in [5.41, 5.74) is 10.3. The Morgan fingerprint density at radius 1 is 1.09 bits per heavy atom. The molecule has 1 rings (SSSR count). The minimum Gasteiger partial charge on any atom is -0.398 e.